The monoisotopic (exact) mass is 226 g/mol. The SMILES string of the molecule is CC(C)(C)OC(=O)C1CCC2CC1C(=O)O2. The van der Waals surface area contributed by atoms with Gasteiger partial charge in [-0.05, 0) is 40.0 Å². The van der Waals surface area contributed by atoms with Gasteiger partial charge in [-0.1, -0.05) is 0 Å². The third-order valence-corrected chi connectivity index (χ3v) is 3.10. The van der Waals surface area contributed by atoms with Crippen LogP contribution in [0.4, 0.5) is 0 Å². The van der Waals surface area contributed by atoms with Crippen LogP contribution in [0.2, 0.25) is 0 Å². The van der Waals surface area contributed by atoms with Crippen molar-refractivity contribution in [3.8, 4) is 0 Å². The molecule has 90 valence electrons. The molecule has 0 N–H and O–H groups in total. The van der Waals surface area contributed by atoms with E-state index in [1.54, 1.807) is 0 Å². The standard InChI is InChI=1S/C12H18O4/c1-12(2,3)16-11(14)8-5-4-7-6-9(8)10(13)15-7/h7-9H,4-6H2,1-3H3. The third-order valence-electron chi connectivity index (χ3n) is 3.10. The van der Waals surface area contributed by atoms with E-state index in [4.69, 9.17) is 9.47 Å². The summed E-state index contributed by atoms with van der Waals surface area (Å²) in [7, 11) is 0. The molecule has 0 aromatic carbocycles. The van der Waals surface area contributed by atoms with Crippen LogP contribution in [0.1, 0.15) is 40.0 Å². The molecular weight excluding hydrogens is 208 g/mol. The summed E-state index contributed by atoms with van der Waals surface area (Å²) in [4.78, 5) is 23.4. The first-order chi connectivity index (χ1) is 7.37. The van der Waals surface area contributed by atoms with Crippen LogP contribution in [-0.4, -0.2) is 23.6 Å². The number of esters is 2. The van der Waals surface area contributed by atoms with Gasteiger partial charge in [0.05, 0.1) is 11.8 Å². The highest BCUT2D eigenvalue weighted by Gasteiger charge is 2.47. The number of carbonyl (C=O) groups excluding carboxylic acids is 2. The average molecular weight is 226 g/mol. The molecule has 1 aliphatic carbocycles. The third kappa shape index (κ3) is 2.20. The average Bonchev–Trinajstić information content (AvgIpc) is 2.40. The molecule has 4 heteroatoms. The second kappa shape index (κ2) is 3.75. The van der Waals surface area contributed by atoms with Crippen LogP contribution in [0.5, 0.6) is 0 Å². The van der Waals surface area contributed by atoms with Gasteiger partial charge in [0.25, 0.3) is 0 Å². The highest BCUT2D eigenvalue weighted by Crippen LogP contribution is 2.39. The fourth-order valence-corrected chi connectivity index (χ4v) is 2.41. The van der Waals surface area contributed by atoms with Crippen molar-refractivity contribution < 1.29 is 19.1 Å². The van der Waals surface area contributed by atoms with Crippen LogP contribution in [0, 0.1) is 11.8 Å². The molecular formula is C12H18O4. The first kappa shape index (κ1) is 11.4. The smallest absolute Gasteiger partial charge is 0.310 e. The Bertz CT molecular complexity index is 315. The van der Waals surface area contributed by atoms with Crippen molar-refractivity contribution >= 4 is 11.9 Å². The predicted molar refractivity (Wildman–Crippen MR) is 56.6 cm³/mol. The molecule has 0 amide bonds. The van der Waals surface area contributed by atoms with E-state index >= 15 is 0 Å². The fourth-order valence-electron chi connectivity index (χ4n) is 2.41. The fraction of sp³-hybridized carbons (Fsp3) is 0.833. The number of ether oxygens (including phenoxy) is 2. The molecule has 0 spiro atoms. The van der Waals surface area contributed by atoms with Crippen molar-refractivity contribution in [2.45, 2.75) is 51.7 Å². The molecule has 1 aliphatic heterocycles. The number of hydrogen-bond acceptors (Lipinski definition) is 4. The van der Waals surface area contributed by atoms with Crippen LogP contribution >= 0.6 is 0 Å². The topological polar surface area (TPSA) is 52.6 Å². The zero-order valence-corrected chi connectivity index (χ0v) is 9.99. The molecule has 2 rings (SSSR count). The van der Waals surface area contributed by atoms with Crippen LogP contribution in [0.15, 0.2) is 0 Å². The Hall–Kier alpha value is -1.06. The lowest BCUT2D eigenvalue weighted by Crippen LogP contribution is -2.35. The van der Waals surface area contributed by atoms with Crippen LogP contribution < -0.4 is 0 Å². The highest BCUT2D eigenvalue weighted by molar-refractivity contribution is 5.84. The summed E-state index contributed by atoms with van der Waals surface area (Å²) in [5.74, 6) is -1.05. The maximum Gasteiger partial charge on any atom is 0.310 e. The molecule has 3 atom stereocenters. The van der Waals surface area contributed by atoms with Gasteiger partial charge in [-0.3, -0.25) is 9.59 Å². The predicted octanol–water partition coefficient (Wildman–Crippen LogP) is 1.67. The molecule has 0 aromatic rings. The number of hydrogen-bond donors (Lipinski definition) is 0. The molecule has 4 nitrogen and oxygen atoms in total. The summed E-state index contributed by atoms with van der Waals surface area (Å²) in [5.41, 5.74) is -0.490. The Morgan fingerprint density at radius 2 is 2.06 bits per heavy atom. The Morgan fingerprint density at radius 1 is 1.38 bits per heavy atom. The van der Waals surface area contributed by atoms with Gasteiger partial charge >= 0.3 is 11.9 Å². The molecule has 1 saturated heterocycles. The van der Waals surface area contributed by atoms with Crippen molar-refractivity contribution in [3.05, 3.63) is 0 Å². The Morgan fingerprint density at radius 3 is 2.69 bits per heavy atom. The maximum absolute atomic E-state index is 11.9. The minimum Gasteiger partial charge on any atom is -0.462 e. The number of fused-ring (bicyclic) bond motifs is 2. The molecule has 2 aliphatic rings. The lowest BCUT2D eigenvalue weighted by molar-refractivity contribution is -0.164. The number of rotatable bonds is 1. The van der Waals surface area contributed by atoms with Gasteiger partial charge in [0, 0.05) is 0 Å². The van der Waals surface area contributed by atoms with Crippen molar-refractivity contribution in [2.24, 2.45) is 11.8 Å². The Labute approximate surface area is 95.3 Å². The van der Waals surface area contributed by atoms with E-state index in [9.17, 15) is 9.59 Å². The quantitative estimate of drug-likeness (QED) is 0.638. The summed E-state index contributed by atoms with van der Waals surface area (Å²) >= 11 is 0. The minimum atomic E-state index is -0.490. The first-order valence-electron chi connectivity index (χ1n) is 5.80. The molecule has 1 heterocycles. The lowest BCUT2D eigenvalue weighted by Gasteiger charge is -2.27. The Balaban J connectivity index is 2.04. The van der Waals surface area contributed by atoms with Gasteiger partial charge in [0.15, 0.2) is 0 Å². The normalized spacial score (nSPS) is 33.4. The van der Waals surface area contributed by atoms with Crippen molar-refractivity contribution in [1.29, 1.82) is 0 Å². The maximum atomic E-state index is 11.9. The molecule has 0 aromatic heterocycles. The van der Waals surface area contributed by atoms with Gasteiger partial charge < -0.3 is 9.47 Å². The van der Waals surface area contributed by atoms with E-state index < -0.39 is 5.60 Å². The minimum absolute atomic E-state index is 0.0381. The molecule has 3 unspecified atom stereocenters. The second-order valence-corrected chi connectivity index (χ2v) is 5.62. The molecule has 2 bridgehead atoms. The summed E-state index contributed by atoms with van der Waals surface area (Å²) < 4.78 is 10.5. The van der Waals surface area contributed by atoms with Crippen molar-refractivity contribution in [3.63, 3.8) is 0 Å². The van der Waals surface area contributed by atoms with E-state index in [0.29, 0.717) is 12.8 Å². The van der Waals surface area contributed by atoms with E-state index in [1.165, 1.54) is 0 Å². The largest absolute Gasteiger partial charge is 0.462 e. The van der Waals surface area contributed by atoms with Crippen LogP contribution in [-0.2, 0) is 19.1 Å². The number of carbonyl (C=O) groups is 2. The van der Waals surface area contributed by atoms with E-state index in [0.717, 1.165) is 6.42 Å². The van der Waals surface area contributed by atoms with E-state index in [1.807, 2.05) is 20.8 Å². The van der Waals surface area contributed by atoms with Gasteiger partial charge in [0.1, 0.15) is 11.7 Å². The zero-order chi connectivity index (χ0) is 11.9. The molecule has 0 radical (unpaired) electrons. The summed E-state index contributed by atoms with van der Waals surface area (Å²) in [6.07, 6.45) is 2.21. The molecule has 1 saturated carbocycles. The van der Waals surface area contributed by atoms with Gasteiger partial charge in [0.2, 0.25) is 0 Å². The summed E-state index contributed by atoms with van der Waals surface area (Å²) in [6, 6.07) is 0. The summed E-state index contributed by atoms with van der Waals surface area (Å²) in [6.45, 7) is 5.51. The van der Waals surface area contributed by atoms with Gasteiger partial charge in [-0.2, -0.15) is 0 Å². The second-order valence-electron chi connectivity index (χ2n) is 5.62. The zero-order valence-electron chi connectivity index (χ0n) is 9.99. The van der Waals surface area contributed by atoms with Gasteiger partial charge in [-0.15, -0.1) is 0 Å². The van der Waals surface area contributed by atoms with Crippen LogP contribution in [0.3, 0.4) is 0 Å². The lowest BCUT2D eigenvalue weighted by atomic mass is 9.80. The van der Waals surface area contributed by atoms with Crippen LogP contribution in [0.25, 0.3) is 0 Å². The highest BCUT2D eigenvalue weighted by atomic mass is 16.6. The molecule has 2 fully saturated rings. The van der Waals surface area contributed by atoms with Gasteiger partial charge in [-0.25, -0.2) is 0 Å². The Kier molecular flexibility index (Phi) is 2.68. The van der Waals surface area contributed by atoms with E-state index in [-0.39, 0.29) is 29.9 Å². The van der Waals surface area contributed by atoms with E-state index in [2.05, 4.69) is 0 Å². The van der Waals surface area contributed by atoms with Crippen molar-refractivity contribution in [2.75, 3.05) is 0 Å². The van der Waals surface area contributed by atoms with Crippen molar-refractivity contribution in [1.82, 2.24) is 0 Å². The molecule has 16 heavy (non-hydrogen) atoms. The first-order valence-corrected chi connectivity index (χ1v) is 5.80. The summed E-state index contributed by atoms with van der Waals surface area (Å²) in [5, 5.41) is 0.